The molecule has 5 nitrogen and oxygen atoms in total. The van der Waals surface area contributed by atoms with Gasteiger partial charge in [-0.2, -0.15) is 0 Å². The van der Waals surface area contributed by atoms with E-state index >= 15 is 0 Å². The van der Waals surface area contributed by atoms with Gasteiger partial charge in [0.1, 0.15) is 23.5 Å². The van der Waals surface area contributed by atoms with Crippen molar-refractivity contribution in [3.05, 3.63) is 59.5 Å². The molecular weight excluding hydrogens is 324 g/mol. The van der Waals surface area contributed by atoms with Crippen LogP contribution in [0.3, 0.4) is 0 Å². The molecule has 0 atom stereocenters. The first-order valence-electron chi connectivity index (χ1n) is 7.65. The average molecular weight is 339 g/mol. The maximum atomic E-state index is 9.43. The number of halogens is 1. The Labute approximate surface area is 143 Å². The van der Waals surface area contributed by atoms with Crippen molar-refractivity contribution in [3.8, 4) is 17.0 Å². The van der Waals surface area contributed by atoms with Crippen molar-refractivity contribution in [2.24, 2.45) is 0 Å². The fourth-order valence-electron chi connectivity index (χ4n) is 2.73. The summed E-state index contributed by atoms with van der Waals surface area (Å²) < 4.78 is 0. The number of phenolic OH excluding ortho intramolecular Hbond substituents is 1. The van der Waals surface area contributed by atoms with Crippen LogP contribution in [-0.2, 0) is 0 Å². The zero-order valence-corrected chi connectivity index (χ0v) is 13.5. The van der Waals surface area contributed by atoms with Crippen molar-refractivity contribution in [1.82, 2.24) is 15.0 Å². The van der Waals surface area contributed by atoms with Gasteiger partial charge in [-0.3, -0.25) is 0 Å². The molecular formula is C18H15ClN4O. The third-order valence-electron chi connectivity index (χ3n) is 3.93. The highest BCUT2D eigenvalue weighted by atomic mass is 35.5. The van der Waals surface area contributed by atoms with Crippen molar-refractivity contribution in [3.63, 3.8) is 0 Å². The minimum absolute atomic E-state index is 0.241. The molecule has 0 saturated carbocycles. The summed E-state index contributed by atoms with van der Waals surface area (Å²) in [4.78, 5) is 11.9. The molecule has 4 rings (SSSR count). The topological polar surface area (TPSA) is 73.8 Å². The molecule has 1 aliphatic carbocycles. The van der Waals surface area contributed by atoms with E-state index < -0.39 is 0 Å². The van der Waals surface area contributed by atoms with Gasteiger partial charge in [-0.15, -0.1) is 0 Å². The highest BCUT2D eigenvalue weighted by molar-refractivity contribution is 6.29. The number of allylic oxidation sites excluding steroid dienone is 3. The number of aromatic amines is 1. The first kappa shape index (κ1) is 14.8. The average Bonchev–Trinajstić information content (AvgIpc) is 3.01. The number of benzene rings is 1. The molecule has 2 aromatic heterocycles. The van der Waals surface area contributed by atoms with Crippen LogP contribution >= 0.6 is 11.6 Å². The maximum Gasteiger partial charge on any atom is 0.143 e. The van der Waals surface area contributed by atoms with Gasteiger partial charge in [-0.05, 0) is 54.8 Å². The van der Waals surface area contributed by atoms with Crippen LogP contribution in [0.4, 0.5) is 5.82 Å². The minimum atomic E-state index is 0.241. The normalized spacial score (nSPS) is 14.4. The van der Waals surface area contributed by atoms with Gasteiger partial charge in [0.25, 0.3) is 0 Å². The summed E-state index contributed by atoms with van der Waals surface area (Å²) in [7, 11) is 0. The van der Waals surface area contributed by atoms with Crippen LogP contribution in [0.2, 0.25) is 0 Å². The lowest BCUT2D eigenvalue weighted by Gasteiger charge is -2.11. The molecule has 0 radical (unpaired) electrons. The van der Waals surface area contributed by atoms with Gasteiger partial charge in [-0.25, -0.2) is 9.97 Å². The number of nitrogens with one attached hydrogen (secondary N) is 2. The van der Waals surface area contributed by atoms with E-state index in [1.54, 1.807) is 12.1 Å². The summed E-state index contributed by atoms with van der Waals surface area (Å²) in [5, 5.41) is 14.5. The Hall–Kier alpha value is -2.79. The van der Waals surface area contributed by atoms with Crippen molar-refractivity contribution >= 4 is 28.5 Å². The number of aromatic nitrogens is 3. The number of hydrogen-bond donors (Lipinski definition) is 3. The maximum absolute atomic E-state index is 9.43. The molecule has 0 spiro atoms. The van der Waals surface area contributed by atoms with Crippen LogP contribution in [0.25, 0.3) is 22.3 Å². The molecule has 0 fully saturated rings. The molecule has 0 unspecified atom stereocenters. The van der Waals surface area contributed by atoms with Crippen LogP contribution in [0.1, 0.15) is 12.8 Å². The van der Waals surface area contributed by atoms with Crippen LogP contribution in [0.15, 0.2) is 59.5 Å². The predicted octanol–water partition coefficient (Wildman–Crippen LogP) is 4.54. The van der Waals surface area contributed by atoms with E-state index in [0.717, 1.165) is 51.7 Å². The number of phenols is 1. The van der Waals surface area contributed by atoms with E-state index in [1.807, 2.05) is 24.3 Å². The van der Waals surface area contributed by atoms with Gasteiger partial charge < -0.3 is 15.4 Å². The molecule has 3 N–H and O–H groups in total. The number of fused-ring (bicyclic) bond motifs is 1. The third-order valence-corrected chi connectivity index (χ3v) is 4.22. The number of rotatable bonds is 3. The van der Waals surface area contributed by atoms with Crippen molar-refractivity contribution in [2.45, 2.75) is 12.8 Å². The molecule has 6 heteroatoms. The van der Waals surface area contributed by atoms with Gasteiger partial charge in [-0.1, -0.05) is 17.7 Å². The lowest BCUT2D eigenvalue weighted by atomic mass is 10.1. The van der Waals surface area contributed by atoms with E-state index in [9.17, 15) is 5.11 Å². The summed E-state index contributed by atoms with van der Waals surface area (Å²) in [5.74, 6) is 0.972. The SMILES string of the molecule is Oc1ccc(-c2cc3c(NC4=CCCC(Cl)=C4)ncnc3[nH]2)cc1. The predicted molar refractivity (Wildman–Crippen MR) is 95.9 cm³/mol. The zero-order chi connectivity index (χ0) is 16.5. The zero-order valence-electron chi connectivity index (χ0n) is 12.8. The van der Waals surface area contributed by atoms with Gasteiger partial charge in [0, 0.05) is 16.4 Å². The van der Waals surface area contributed by atoms with Crippen LogP contribution in [0.5, 0.6) is 5.75 Å². The van der Waals surface area contributed by atoms with E-state index in [4.69, 9.17) is 11.6 Å². The summed E-state index contributed by atoms with van der Waals surface area (Å²) in [6.45, 7) is 0. The van der Waals surface area contributed by atoms with Crippen LogP contribution in [-0.4, -0.2) is 20.1 Å². The fraction of sp³-hybridized carbons (Fsp3) is 0.111. The number of anilines is 1. The standard InChI is InChI=1S/C18H15ClN4O/c19-12-2-1-3-13(8-12)22-17-15-9-16(23-18(15)21-10-20-17)11-4-6-14(24)7-5-11/h3-10,24H,1-2H2,(H2,20,21,22,23). The van der Waals surface area contributed by atoms with Crippen molar-refractivity contribution < 1.29 is 5.11 Å². The molecule has 0 saturated heterocycles. The molecule has 1 aromatic carbocycles. The molecule has 120 valence electrons. The summed E-state index contributed by atoms with van der Waals surface area (Å²) in [6, 6.07) is 9.02. The second-order valence-electron chi connectivity index (χ2n) is 5.63. The van der Waals surface area contributed by atoms with E-state index in [0.29, 0.717) is 0 Å². The number of H-pyrrole nitrogens is 1. The van der Waals surface area contributed by atoms with Gasteiger partial charge in [0.2, 0.25) is 0 Å². The van der Waals surface area contributed by atoms with Crippen molar-refractivity contribution in [1.29, 1.82) is 0 Å². The van der Waals surface area contributed by atoms with Gasteiger partial charge in [0.05, 0.1) is 5.39 Å². The van der Waals surface area contributed by atoms with E-state index in [-0.39, 0.29) is 5.75 Å². The highest BCUT2D eigenvalue weighted by Gasteiger charge is 2.11. The Kier molecular flexibility index (Phi) is 3.70. The molecule has 0 amide bonds. The Morgan fingerprint density at radius 3 is 2.79 bits per heavy atom. The summed E-state index contributed by atoms with van der Waals surface area (Å²) in [6.07, 6.45) is 7.34. The second-order valence-corrected chi connectivity index (χ2v) is 6.11. The number of hydrogen-bond acceptors (Lipinski definition) is 4. The smallest absolute Gasteiger partial charge is 0.143 e. The lowest BCUT2D eigenvalue weighted by molar-refractivity contribution is 0.475. The second kappa shape index (κ2) is 6.02. The first-order valence-corrected chi connectivity index (χ1v) is 8.03. The molecule has 3 aromatic rings. The Bertz CT molecular complexity index is 957. The molecule has 2 heterocycles. The van der Waals surface area contributed by atoms with E-state index in [2.05, 4.69) is 26.3 Å². The largest absolute Gasteiger partial charge is 0.508 e. The summed E-state index contributed by atoms with van der Waals surface area (Å²) in [5.41, 5.74) is 3.58. The first-order chi connectivity index (χ1) is 11.7. The van der Waals surface area contributed by atoms with Crippen LogP contribution < -0.4 is 5.32 Å². The van der Waals surface area contributed by atoms with Crippen LogP contribution in [0, 0.1) is 0 Å². The molecule has 0 aliphatic heterocycles. The number of nitrogens with zero attached hydrogens (tertiary/aromatic N) is 2. The molecule has 24 heavy (non-hydrogen) atoms. The quantitative estimate of drug-likeness (QED) is 0.655. The van der Waals surface area contributed by atoms with Crippen molar-refractivity contribution in [2.75, 3.05) is 5.32 Å². The molecule has 0 bridgehead atoms. The fourth-order valence-corrected chi connectivity index (χ4v) is 2.95. The third kappa shape index (κ3) is 2.86. The van der Waals surface area contributed by atoms with E-state index in [1.165, 1.54) is 6.33 Å². The highest BCUT2D eigenvalue weighted by Crippen LogP contribution is 2.29. The minimum Gasteiger partial charge on any atom is -0.508 e. The monoisotopic (exact) mass is 338 g/mol. The summed E-state index contributed by atoms with van der Waals surface area (Å²) >= 11 is 6.11. The van der Waals surface area contributed by atoms with Gasteiger partial charge in [0.15, 0.2) is 0 Å². The lowest BCUT2D eigenvalue weighted by Crippen LogP contribution is -2.02. The molecule has 1 aliphatic rings. The number of aromatic hydroxyl groups is 1. The Morgan fingerprint density at radius 1 is 1.17 bits per heavy atom. The van der Waals surface area contributed by atoms with Gasteiger partial charge >= 0.3 is 0 Å². The Balaban J connectivity index is 1.72. The Morgan fingerprint density at radius 2 is 2.00 bits per heavy atom.